The lowest BCUT2D eigenvalue weighted by Crippen LogP contribution is -2.03. The van der Waals surface area contributed by atoms with Crippen LogP contribution in [0.3, 0.4) is 0 Å². The Morgan fingerprint density at radius 3 is 0.816 bits per heavy atom. The van der Waals surface area contributed by atoms with E-state index in [9.17, 15) is 0 Å². The predicted octanol–water partition coefficient (Wildman–Crippen LogP) is 14.1. The summed E-state index contributed by atoms with van der Waals surface area (Å²) >= 11 is 0. The largest absolute Gasteiger partial charge is 0.265 e. The maximum atomic E-state index is 3.78. The van der Waals surface area contributed by atoms with Crippen LogP contribution in [0.4, 0.5) is 0 Å². The molecule has 1 nitrogen and oxygen atoms in total. The number of hydrogen-bond acceptors (Lipinski definition) is 1. The van der Waals surface area contributed by atoms with Crippen molar-refractivity contribution in [2.45, 2.75) is 192 Å². The fourth-order valence-corrected chi connectivity index (χ4v) is 5.10. The highest BCUT2D eigenvalue weighted by Gasteiger charge is 2.11. The third-order valence-electron chi connectivity index (χ3n) is 7.97. The summed E-state index contributed by atoms with van der Waals surface area (Å²) in [7, 11) is 0. The molecule has 1 aromatic rings. The minimum atomic E-state index is 0. The van der Waals surface area contributed by atoms with E-state index in [-0.39, 0.29) is 14.9 Å². The summed E-state index contributed by atoms with van der Waals surface area (Å²) in [6.07, 6.45) is 32.9. The van der Waals surface area contributed by atoms with Crippen molar-refractivity contribution in [2.24, 2.45) is 17.8 Å². The van der Waals surface area contributed by atoms with E-state index < -0.39 is 0 Å². The van der Waals surface area contributed by atoms with Gasteiger partial charge in [-0.3, -0.25) is 4.98 Å². The monoisotopic (exact) mass is 536 g/mol. The molecule has 0 aliphatic heterocycles. The van der Waals surface area contributed by atoms with Gasteiger partial charge in [0.05, 0.1) is 0 Å². The van der Waals surface area contributed by atoms with Crippen molar-refractivity contribution in [1.29, 1.82) is 0 Å². The minimum Gasteiger partial charge on any atom is -0.265 e. The van der Waals surface area contributed by atoms with E-state index in [0.29, 0.717) is 0 Å². The number of unbranched alkanes of at least 4 members (excludes halogenated alkanes) is 1. The first-order valence-electron chi connectivity index (χ1n) is 16.6. The van der Waals surface area contributed by atoms with Gasteiger partial charge in [0.1, 0.15) is 0 Å². The highest BCUT2D eigenvalue weighted by Crippen LogP contribution is 2.26. The maximum Gasteiger partial charge on any atom is 0.0267 e. The SMILES string of the molecule is C.C.CC.CCC1CCCCC1.CCC1CCCCC1.CCC1CCCCC1.CCCC.c1ccncc1. The molecule has 0 aromatic carbocycles. The zero-order valence-corrected chi connectivity index (χ0v) is 26.2. The molecule has 1 heteroatoms. The Labute approximate surface area is 244 Å². The van der Waals surface area contributed by atoms with Crippen LogP contribution in [0.5, 0.6) is 0 Å². The van der Waals surface area contributed by atoms with Gasteiger partial charge in [0, 0.05) is 12.4 Å². The van der Waals surface area contributed by atoms with E-state index in [0.717, 1.165) is 17.8 Å². The molecule has 1 aromatic heterocycles. The topological polar surface area (TPSA) is 12.9 Å². The van der Waals surface area contributed by atoms with Crippen molar-refractivity contribution in [1.82, 2.24) is 4.98 Å². The van der Waals surface area contributed by atoms with Gasteiger partial charge >= 0.3 is 0 Å². The molecule has 0 radical (unpaired) electrons. The first kappa shape index (κ1) is 44.2. The van der Waals surface area contributed by atoms with Crippen LogP contribution in [0.25, 0.3) is 0 Å². The highest BCUT2D eigenvalue weighted by atomic mass is 14.6. The molecule has 3 fully saturated rings. The second-order valence-corrected chi connectivity index (χ2v) is 10.8. The van der Waals surface area contributed by atoms with Gasteiger partial charge in [0.15, 0.2) is 0 Å². The lowest BCUT2D eigenvalue weighted by molar-refractivity contribution is 0.349. The Morgan fingerprint density at radius 2 is 0.711 bits per heavy atom. The molecule has 3 aliphatic rings. The molecule has 0 amide bonds. The number of nitrogens with zero attached hydrogens (tertiary/aromatic N) is 1. The normalized spacial score (nSPS) is 17.1. The summed E-state index contributed by atoms with van der Waals surface area (Å²) in [5, 5.41) is 0. The number of hydrogen-bond donors (Lipinski definition) is 0. The lowest BCUT2D eigenvalue weighted by atomic mass is 9.88. The molecular weight excluding hydrogens is 458 g/mol. The Bertz CT molecular complexity index is 381. The molecule has 0 N–H and O–H groups in total. The van der Waals surface area contributed by atoms with Gasteiger partial charge in [-0.1, -0.05) is 198 Å². The van der Waals surface area contributed by atoms with Gasteiger partial charge in [-0.25, -0.2) is 0 Å². The van der Waals surface area contributed by atoms with Gasteiger partial charge in [0.2, 0.25) is 0 Å². The van der Waals surface area contributed by atoms with Gasteiger partial charge < -0.3 is 0 Å². The van der Waals surface area contributed by atoms with E-state index in [4.69, 9.17) is 0 Å². The third-order valence-corrected chi connectivity index (χ3v) is 7.97. The molecule has 0 spiro atoms. The maximum absolute atomic E-state index is 3.78. The number of rotatable bonds is 4. The van der Waals surface area contributed by atoms with Crippen molar-refractivity contribution < 1.29 is 0 Å². The van der Waals surface area contributed by atoms with Crippen molar-refractivity contribution in [2.75, 3.05) is 0 Å². The van der Waals surface area contributed by atoms with Crippen molar-refractivity contribution in [3.63, 3.8) is 0 Å². The molecule has 230 valence electrons. The molecule has 3 saturated carbocycles. The molecule has 3 aliphatic carbocycles. The van der Waals surface area contributed by atoms with Crippen molar-refractivity contribution in [3.8, 4) is 0 Å². The van der Waals surface area contributed by atoms with Gasteiger partial charge in [0.25, 0.3) is 0 Å². The van der Waals surface area contributed by atoms with Gasteiger partial charge in [-0.2, -0.15) is 0 Å². The van der Waals surface area contributed by atoms with E-state index in [2.05, 4.69) is 39.6 Å². The fourth-order valence-electron chi connectivity index (χ4n) is 5.10. The quantitative estimate of drug-likeness (QED) is 0.373. The number of pyridine rings is 1. The molecule has 0 atom stereocenters. The molecule has 0 unspecified atom stereocenters. The molecule has 4 rings (SSSR count). The Hall–Kier alpha value is -0.850. The van der Waals surface area contributed by atoms with Crippen LogP contribution in [0.2, 0.25) is 0 Å². The first-order valence-corrected chi connectivity index (χ1v) is 16.6. The third kappa shape index (κ3) is 31.4. The Balaban J connectivity index is -0.000000188. The van der Waals surface area contributed by atoms with Crippen LogP contribution >= 0.6 is 0 Å². The molecule has 38 heavy (non-hydrogen) atoms. The van der Waals surface area contributed by atoms with E-state index in [1.807, 2.05) is 32.0 Å². The summed E-state index contributed by atoms with van der Waals surface area (Å²) in [6.45, 7) is 15.3. The van der Waals surface area contributed by atoms with Crippen molar-refractivity contribution in [3.05, 3.63) is 30.6 Å². The standard InChI is InChI=1S/3C8H16.C5H5N.C4H10.C2H6.2CH4/c3*1-2-8-6-4-3-5-7-8;1-2-4-6-5-3-1;1-3-4-2;1-2;;/h3*8H,2-7H2,1H3;1-5H;3-4H2,1-2H3;1-2H3;2*1H4. The van der Waals surface area contributed by atoms with Crippen molar-refractivity contribution >= 4 is 0 Å². The first-order chi connectivity index (χ1) is 17.7. The number of aromatic nitrogens is 1. The minimum absolute atomic E-state index is 0. The fraction of sp³-hybridized carbons (Fsp3) is 0.865. The van der Waals surface area contributed by atoms with E-state index >= 15 is 0 Å². The summed E-state index contributed by atoms with van der Waals surface area (Å²) in [4.78, 5) is 3.78. The molecule has 0 saturated heterocycles. The van der Waals surface area contributed by atoms with Crippen LogP contribution in [0.15, 0.2) is 30.6 Å². The summed E-state index contributed by atoms with van der Waals surface area (Å²) in [6, 6.07) is 5.72. The summed E-state index contributed by atoms with van der Waals surface area (Å²) in [5.41, 5.74) is 0. The van der Waals surface area contributed by atoms with Crippen LogP contribution in [0, 0.1) is 17.8 Å². The average molecular weight is 536 g/mol. The second kappa shape index (κ2) is 38.3. The zero-order chi connectivity index (χ0) is 27.1. The second-order valence-electron chi connectivity index (χ2n) is 10.8. The van der Waals surface area contributed by atoms with Gasteiger partial charge in [-0.15, -0.1) is 0 Å². The molecule has 0 bridgehead atoms. The molecular formula is C37H77N. The average Bonchev–Trinajstić information content (AvgIpc) is 3.01. The van der Waals surface area contributed by atoms with Crippen LogP contribution < -0.4 is 0 Å². The summed E-state index contributed by atoms with van der Waals surface area (Å²) < 4.78 is 0. The van der Waals surface area contributed by atoms with Crippen LogP contribution in [0.1, 0.15) is 192 Å². The molecule has 1 heterocycles. The zero-order valence-electron chi connectivity index (χ0n) is 26.2. The smallest absolute Gasteiger partial charge is 0.0267 e. The highest BCUT2D eigenvalue weighted by molar-refractivity contribution is 4.88. The van der Waals surface area contributed by atoms with E-state index in [1.54, 1.807) is 12.4 Å². The summed E-state index contributed by atoms with van der Waals surface area (Å²) in [5.74, 6) is 3.26. The Kier molecular flexibility index (Phi) is 44.5. The Morgan fingerprint density at radius 1 is 0.447 bits per heavy atom. The van der Waals surface area contributed by atoms with E-state index in [1.165, 1.54) is 128 Å². The predicted molar refractivity (Wildman–Crippen MR) is 180 cm³/mol. The lowest BCUT2D eigenvalue weighted by Gasteiger charge is -2.18. The van der Waals surface area contributed by atoms with Crippen LogP contribution in [-0.4, -0.2) is 4.98 Å². The van der Waals surface area contributed by atoms with Gasteiger partial charge in [-0.05, 0) is 29.9 Å². The van der Waals surface area contributed by atoms with Crippen LogP contribution in [-0.2, 0) is 0 Å².